The Kier molecular flexibility index (Phi) is 2.78. The SMILES string of the molecule is CC(=O)P1OCCC(C)O1. The van der Waals surface area contributed by atoms with Gasteiger partial charge in [-0.05, 0) is 13.3 Å². The number of hydrogen-bond acceptors (Lipinski definition) is 3. The van der Waals surface area contributed by atoms with Gasteiger partial charge in [-0.2, -0.15) is 0 Å². The molecule has 1 rings (SSSR count). The lowest BCUT2D eigenvalue weighted by Crippen LogP contribution is -2.16. The van der Waals surface area contributed by atoms with Crippen molar-refractivity contribution in [1.29, 1.82) is 0 Å². The summed E-state index contributed by atoms with van der Waals surface area (Å²) in [5.74, 6) is 0. The highest BCUT2D eigenvalue weighted by atomic mass is 31.2. The molecule has 1 aliphatic rings. The molecule has 3 nitrogen and oxygen atoms in total. The Labute approximate surface area is 61.6 Å². The Balaban J connectivity index is 2.39. The van der Waals surface area contributed by atoms with Crippen LogP contribution in [-0.4, -0.2) is 18.2 Å². The summed E-state index contributed by atoms with van der Waals surface area (Å²) in [5, 5.41) is 0. The van der Waals surface area contributed by atoms with Crippen LogP contribution in [0, 0.1) is 0 Å². The second-order valence-corrected chi connectivity index (χ2v) is 3.93. The third-order valence-electron chi connectivity index (χ3n) is 1.27. The zero-order valence-electron chi connectivity index (χ0n) is 6.16. The fourth-order valence-corrected chi connectivity index (χ4v) is 1.81. The summed E-state index contributed by atoms with van der Waals surface area (Å²) in [4.78, 5) is 10.7. The Morgan fingerprint density at radius 2 is 2.40 bits per heavy atom. The van der Waals surface area contributed by atoms with Crippen LogP contribution in [0.15, 0.2) is 0 Å². The van der Waals surface area contributed by atoms with Gasteiger partial charge in [0, 0.05) is 6.92 Å². The minimum Gasteiger partial charge on any atom is -0.329 e. The van der Waals surface area contributed by atoms with Gasteiger partial charge in [0.15, 0.2) is 0 Å². The highest BCUT2D eigenvalue weighted by molar-refractivity contribution is 7.65. The molecule has 4 heteroatoms. The molecule has 0 aromatic rings. The van der Waals surface area contributed by atoms with Crippen LogP contribution in [0.3, 0.4) is 0 Å². The molecule has 1 aliphatic heterocycles. The van der Waals surface area contributed by atoms with Crippen molar-refractivity contribution in [2.24, 2.45) is 0 Å². The molecule has 0 saturated carbocycles. The van der Waals surface area contributed by atoms with Crippen molar-refractivity contribution in [3.63, 3.8) is 0 Å². The van der Waals surface area contributed by atoms with E-state index in [2.05, 4.69) is 0 Å². The van der Waals surface area contributed by atoms with Crippen LogP contribution in [0.1, 0.15) is 20.3 Å². The summed E-state index contributed by atoms with van der Waals surface area (Å²) in [5.41, 5.74) is 0.0153. The van der Waals surface area contributed by atoms with E-state index in [-0.39, 0.29) is 11.6 Å². The monoisotopic (exact) mass is 162 g/mol. The van der Waals surface area contributed by atoms with Gasteiger partial charge in [0.25, 0.3) is 0 Å². The van der Waals surface area contributed by atoms with E-state index in [0.29, 0.717) is 6.61 Å². The van der Waals surface area contributed by atoms with E-state index in [4.69, 9.17) is 9.05 Å². The third-order valence-corrected chi connectivity index (χ3v) is 2.75. The number of hydrogen-bond donors (Lipinski definition) is 0. The van der Waals surface area contributed by atoms with Gasteiger partial charge >= 0.3 is 0 Å². The lowest BCUT2D eigenvalue weighted by atomic mass is 10.3. The van der Waals surface area contributed by atoms with E-state index in [1.807, 2.05) is 6.92 Å². The topological polar surface area (TPSA) is 35.5 Å². The largest absolute Gasteiger partial charge is 0.329 e. The molecule has 1 saturated heterocycles. The Morgan fingerprint density at radius 3 is 2.80 bits per heavy atom. The molecular formula is C6H11O3P. The number of carbonyl (C=O) groups excluding carboxylic acids is 1. The van der Waals surface area contributed by atoms with E-state index in [1.165, 1.54) is 6.92 Å². The summed E-state index contributed by atoms with van der Waals surface area (Å²) >= 11 is 0. The molecule has 0 aliphatic carbocycles. The molecule has 1 heterocycles. The van der Waals surface area contributed by atoms with Gasteiger partial charge < -0.3 is 9.05 Å². The lowest BCUT2D eigenvalue weighted by molar-refractivity contribution is -0.111. The molecular weight excluding hydrogens is 151 g/mol. The molecule has 0 spiro atoms. The van der Waals surface area contributed by atoms with Gasteiger partial charge in [-0.3, -0.25) is 4.79 Å². The number of rotatable bonds is 1. The first-order valence-electron chi connectivity index (χ1n) is 3.30. The highest BCUT2D eigenvalue weighted by Gasteiger charge is 2.24. The summed E-state index contributed by atoms with van der Waals surface area (Å²) in [6.45, 7) is 4.12. The van der Waals surface area contributed by atoms with Crippen molar-refractivity contribution >= 4 is 13.9 Å². The highest BCUT2D eigenvalue weighted by Crippen LogP contribution is 2.43. The second-order valence-electron chi connectivity index (χ2n) is 2.31. The van der Waals surface area contributed by atoms with Gasteiger partial charge in [0.05, 0.1) is 12.7 Å². The van der Waals surface area contributed by atoms with Crippen molar-refractivity contribution in [1.82, 2.24) is 0 Å². The predicted molar refractivity (Wildman–Crippen MR) is 38.7 cm³/mol. The van der Waals surface area contributed by atoms with Gasteiger partial charge in [0.1, 0.15) is 0 Å². The molecule has 10 heavy (non-hydrogen) atoms. The van der Waals surface area contributed by atoms with Crippen molar-refractivity contribution in [2.45, 2.75) is 26.4 Å². The van der Waals surface area contributed by atoms with Crippen LogP contribution in [0.5, 0.6) is 0 Å². The first-order chi connectivity index (χ1) is 4.70. The van der Waals surface area contributed by atoms with Crippen LogP contribution >= 0.6 is 8.38 Å². The molecule has 0 N–H and O–H groups in total. The van der Waals surface area contributed by atoms with E-state index in [1.54, 1.807) is 0 Å². The molecule has 0 aromatic heterocycles. The van der Waals surface area contributed by atoms with Gasteiger partial charge in [0.2, 0.25) is 13.9 Å². The predicted octanol–water partition coefficient (Wildman–Crippen LogP) is 1.67. The van der Waals surface area contributed by atoms with Crippen LogP contribution < -0.4 is 0 Å². The normalized spacial score (nSPS) is 33.8. The Hall–Kier alpha value is 0.0200. The molecule has 1 fully saturated rings. The van der Waals surface area contributed by atoms with Crippen molar-refractivity contribution in [3.8, 4) is 0 Å². The minimum absolute atomic E-state index is 0.0153. The average molecular weight is 162 g/mol. The summed E-state index contributed by atoms with van der Waals surface area (Å²) in [7, 11) is -1.21. The van der Waals surface area contributed by atoms with Crippen molar-refractivity contribution in [2.75, 3.05) is 6.61 Å². The Morgan fingerprint density at radius 1 is 1.70 bits per heavy atom. The average Bonchev–Trinajstić information content (AvgIpc) is 1.88. The van der Waals surface area contributed by atoms with Gasteiger partial charge in [-0.25, -0.2) is 0 Å². The second kappa shape index (κ2) is 3.42. The van der Waals surface area contributed by atoms with Gasteiger partial charge in [-0.1, -0.05) is 0 Å². The molecule has 0 amide bonds. The minimum atomic E-state index is -1.21. The number of carbonyl (C=O) groups is 1. The van der Waals surface area contributed by atoms with E-state index < -0.39 is 8.38 Å². The smallest absolute Gasteiger partial charge is 0.243 e. The third kappa shape index (κ3) is 2.01. The van der Waals surface area contributed by atoms with E-state index in [9.17, 15) is 4.79 Å². The maximum Gasteiger partial charge on any atom is 0.243 e. The maximum absolute atomic E-state index is 10.7. The zero-order valence-corrected chi connectivity index (χ0v) is 7.06. The van der Waals surface area contributed by atoms with Gasteiger partial charge in [-0.15, -0.1) is 0 Å². The first kappa shape index (κ1) is 8.12. The van der Waals surface area contributed by atoms with Crippen molar-refractivity contribution in [3.05, 3.63) is 0 Å². The fourth-order valence-electron chi connectivity index (χ4n) is 0.713. The molecule has 58 valence electrons. The maximum atomic E-state index is 10.7. The van der Waals surface area contributed by atoms with Crippen LogP contribution in [0.2, 0.25) is 0 Å². The first-order valence-corrected chi connectivity index (χ1v) is 4.48. The fraction of sp³-hybridized carbons (Fsp3) is 0.833. The zero-order chi connectivity index (χ0) is 7.56. The molecule has 2 unspecified atom stereocenters. The van der Waals surface area contributed by atoms with Crippen molar-refractivity contribution < 1.29 is 13.8 Å². The van der Waals surface area contributed by atoms with Crippen LogP contribution in [0.4, 0.5) is 0 Å². The summed E-state index contributed by atoms with van der Waals surface area (Å²) in [6, 6.07) is 0. The van der Waals surface area contributed by atoms with E-state index >= 15 is 0 Å². The lowest BCUT2D eigenvalue weighted by Gasteiger charge is -2.24. The molecule has 0 bridgehead atoms. The van der Waals surface area contributed by atoms with E-state index in [0.717, 1.165) is 6.42 Å². The molecule has 0 aromatic carbocycles. The quantitative estimate of drug-likeness (QED) is 0.550. The summed E-state index contributed by atoms with van der Waals surface area (Å²) in [6.07, 6.45) is 1.08. The van der Waals surface area contributed by atoms with Crippen LogP contribution in [-0.2, 0) is 13.8 Å². The Bertz CT molecular complexity index is 137. The molecule has 0 radical (unpaired) electrons. The standard InChI is InChI=1S/C6H11O3P/c1-5-3-4-8-10(9-5)6(2)7/h5H,3-4H2,1-2H3. The van der Waals surface area contributed by atoms with Crippen LogP contribution in [0.25, 0.3) is 0 Å². The summed E-state index contributed by atoms with van der Waals surface area (Å²) < 4.78 is 10.3. The molecule has 2 atom stereocenters.